The number of ketones is 1. The maximum atomic E-state index is 13.2. The summed E-state index contributed by atoms with van der Waals surface area (Å²) in [5.41, 5.74) is 0.730. The van der Waals surface area contributed by atoms with Crippen LogP contribution in [0.3, 0.4) is 0 Å². The van der Waals surface area contributed by atoms with Crippen LogP contribution in [0, 0.1) is 5.82 Å². The number of rotatable bonds is 6. The fourth-order valence-electron chi connectivity index (χ4n) is 3.35. The fraction of sp³-hybridized carbons (Fsp3) is 0.286. The van der Waals surface area contributed by atoms with Crippen molar-refractivity contribution in [2.75, 3.05) is 27.2 Å². The van der Waals surface area contributed by atoms with E-state index >= 15 is 0 Å². The van der Waals surface area contributed by atoms with Gasteiger partial charge in [0.25, 0.3) is 5.91 Å². The van der Waals surface area contributed by atoms with Crippen molar-refractivity contribution in [1.82, 2.24) is 9.88 Å². The number of benzene rings is 1. The summed E-state index contributed by atoms with van der Waals surface area (Å²) in [7, 11) is 4.01. The van der Waals surface area contributed by atoms with E-state index in [2.05, 4.69) is 4.98 Å². The van der Waals surface area contributed by atoms with Gasteiger partial charge in [0.15, 0.2) is 0 Å². The lowest BCUT2D eigenvalue weighted by Crippen LogP contribution is -3.05. The molecule has 1 fully saturated rings. The van der Waals surface area contributed by atoms with Crippen molar-refractivity contribution in [3.63, 3.8) is 0 Å². The zero-order chi connectivity index (χ0) is 20.3. The number of hydrogen-bond donors (Lipinski definition) is 1. The second kappa shape index (κ2) is 8.31. The van der Waals surface area contributed by atoms with E-state index in [-0.39, 0.29) is 11.1 Å². The third-order valence-electron chi connectivity index (χ3n) is 4.73. The minimum Gasteiger partial charge on any atom is -0.872 e. The van der Waals surface area contributed by atoms with Crippen LogP contribution in [0.15, 0.2) is 54.4 Å². The van der Waals surface area contributed by atoms with Crippen LogP contribution in [0.2, 0.25) is 0 Å². The molecule has 1 N–H and O–H groups in total. The predicted octanol–water partition coefficient (Wildman–Crippen LogP) is -0.0207. The fourth-order valence-corrected chi connectivity index (χ4v) is 3.35. The Hall–Kier alpha value is -3.06. The Bertz CT molecular complexity index is 895. The molecule has 1 amide bonds. The molecule has 7 heteroatoms. The summed E-state index contributed by atoms with van der Waals surface area (Å²) in [5, 5.41) is 13.0. The lowest BCUT2D eigenvalue weighted by Gasteiger charge is -2.27. The Morgan fingerprint density at radius 1 is 1.14 bits per heavy atom. The molecule has 2 heterocycles. The minimum absolute atomic E-state index is 0.0972. The zero-order valence-corrected chi connectivity index (χ0v) is 15.8. The largest absolute Gasteiger partial charge is 0.872 e. The third-order valence-corrected chi connectivity index (χ3v) is 4.73. The van der Waals surface area contributed by atoms with Gasteiger partial charge in [-0.2, -0.15) is 0 Å². The van der Waals surface area contributed by atoms with Gasteiger partial charge >= 0.3 is 0 Å². The number of nitrogens with zero attached hydrogens (tertiary/aromatic N) is 2. The number of nitrogens with one attached hydrogen (secondary N) is 1. The summed E-state index contributed by atoms with van der Waals surface area (Å²) >= 11 is 0. The highest BCUT2D eigenvalue weighted by molar-refractivity contribution is 6.46. The Labute approximate surface area is 162 Å². The lowest BCUT2D eigenvalue weighted by atomic mass is 9.96. The van der Waals surface area contributed by atoms with Gasteiger partial charge in [0.05, 0.1) is 26.7 Å². The molecule has 0 bridgehead atoms. The van der Waals surface area contributed by atoms with Crippen molar-refractivity contribution in [2.24, 2.45) is 0 Å². The average molecular weight is 383 g/mol. The molecule has 0 aliphatic carbocycles. The van der Waals surface area contributed by atoms with Crippen LogP contribution in [0.1, 0.15) is 23.6 Å². The van der Waals surface area contributed by atoms with Gasteiger partial charge in [-0.15, -0.1) is 0 Å². The van der Waals surface area contributed by atoms with Crippen molar-refractivity contribution in [3.8, 4) is 0 Å². The predicted molar refractivity (Wildman–Crippen MR) is 99.3 cm³/mol. The van der Waals surface area contributed by atoms with Crippen LogP contribution in [-0.2, 0) is 9.59 Å². The number of pyridine rings is 1. The van der Waals surface area contributed by atoms with Gasteiger partial charge in [-0.05, 0) is 35.4 Å². The monoisotopic (exact) mass is 383 g/mol. The smallest absolute Gasteiger partial charge is 0.295 e. The second-order valence-electron chi connectivity index (χ2n) is 7.07. The van der Waals surface area contributed by atoms with Gasteiger partial charge in [0.1, 0.15) is 5.82 Å². The number of likely N-dealkylation sites (tertiary alicyclic amines) is 1. The Morgan fingerprint density at radius 3 is 2.39 bits per heavy atom. The summed E-state index contributed by atoms with van der Waals surface area (Å²) < 4.78 is 13.2. The standard InChI is InChI=1S/C21H22FN3O3/c1-24(2)12-3-13-25-18(14-8-10-23-11-9-14)17(20(27)21(25)28)19(26)15-4-6-16(22)7-5-15/h4-11,18,26H,3,12-13H2,1-2H3/b19-17+. The average Bonchev–Trinajstić information content (AvgIpc) is 2.93. The molecule has 2 aromatic rings. The number of aromatic nitrogens is 1. The number of hydrogen-bond acceptors (Lipinski definition) is 4. The molecular weight excluding hydrogens is 361 g/mol. The van der Waals surface area contributed by atoms with E-state index in [1.165, 1.54) is 21.9 Å². The molecule has 28 heavy (non-hydrogen) atoms. The number of amides is 1. The van der Waals surface area contributed by atoms with Crippen molar-refractivity contribution in [2.45, 2.75) is 12.5 Å². The molecule has 1 aliphatic heterocycles. The third kappa shape index (κ3) is 3.94. The molecular formula is C21H22FN3O3. The summed E-state index contributed by atoms with van der Waals surface area (Å²) in [6, 6.07) is 7.59. The van der Waals surface area contributed by atoms with E-state index in [0.29, 0.717) is 18.5 Å². The van der Waals surface area contributed by atoms with Crippen LogP contribution >= 0.6 is 0 Å². The van der Waals surface area contributed by atoms with Gasteiger partial charge in [0.2, 0.25) is 5.78 Å². The number of quaternary nitrogens is 1. The highest BCUT2D eigenvalue weighted by Gasteiger charge is 2.43. The van der Waals surface area contributed by atoms with Gasteiger partial charge < -0.3 is 14.9 Å². The molecule has 0 radical (unpaired) electrons. The van der Waals surface area contributed by atoms with Crippen LogP contribution in [0.5, 0.6) is 0 Å². The maximum Gasteiger partial charge on any atom is 0.295 e. The first-order valence-electron chi connectivity index (χ1n) is 9.11. The molecule has 1 unspecified atom stereocenters. The highest BCUT2D eigenvalue weighted by Crippen LogP contribution is 2.38. The topological polar surface area (TPSA) is 77.8 Å². The summed E-state index contributed by atoms with van der Waals surface area (Å²) in [4.78, 5) is 32.1. The molecule has 1 saturated heterocycles. The van der Waals surface area contributed by atoms with Crippen LogP contribution in [0.25, 0.3) is 5.76 Å². The van der Waals surface area contributed by atoms with E-state index in [1.807, 2.05) is 14.1 Å². The summed E-state index contributed by atoms with van der Waals surface area (Å²) in [5.74, 6) is -2.51. The summed E-state index contributed by atoms with van der Waals surface area (Å²) in [6.07, 6.45) is 3.82. The molecule has 0 saturated carbocycles. The molecule has 1 atom stereocenters. The van der Waals surface area contributed by atoms with Gasteiger partial charge in [0, 0.05) is 30.9 Å². The van der Waals surface area contributed by atoms with Crippen molar-refractivity contribution in [3.05, 3.63) is 71.3 Å². The first-order valence-corrected chi connectivity index (χ1v) is 9.11. The molecule has 146 valence electrons. The van der Waals surface area contributed by atoms with Gasteiger partial charge in [-0.25, -0.2) is 4.39 Å². The molecule has 1 aromatic carbocycles. The van der Waals surface area contributed by atoms with Crippen molar-refractivity contribution >= 4 is 17.4 Å². The maximum absolute atomic E-state index is 13.2. The SMILES string of the molecule is C[NH+](C)CCCN1C(=O)C(=O)/C(=C(/[O-])c2ccc(F)cc2)C1c1ccncc1. The Morgan fingerprint density at radius 2 is 1.79 bits per heavy atom. The van der Waals surface area contributed by atoms with E-state index < -0.39 is 29.3 Å². The van der Waals surface area contributed by atoms with Gasteiger partial charge in [-0.1, -0.05) is 17.9 Å². The quantitative estimate of drug-likeness (QED) is 0.432. The second-order valence-corrected chi connectivity index (χ2v) is 7.07. The number of carbonyl (C=O) groups excluding carboxylic acids is 2. The lowest BCUT2D eigenvalue weighted by molar-refractivity contribution is -0.858. The number of carbonyl (C=O) groups is 2. The van der Waals surface area contributed by atoms with Crippen LogP contribution < -0.4 is 10.0 Å². The minimum atomic E-state index is -0.798. The van der Waals surface area contributed by atoms with E-state index in [0.717, 1.165) is 18.7 Å². The van der Waals surface area contributed by atoms with E-state index in [9.17, 15) is 19.1 Å². The van der Waals surface area contributed by atoms with Crippen LogP contribution in [0.4, 0.5) is 4.39 Å². The van der Waals surface area contributed by atoms with Crippen LogP contribution in [-0.4, -0.2) is 48.8 Å². The molecule has 1 aromatic heterocycles. The van der Waals surface area contributed by atoms with E-state index in [1.54, 1.807) is 24.5 Å². The number of Topliss-reactive ketones (excluding diaryl/α,β-unsaturated/α-hetero) is 1. The molecule has 3 rings (SSSR count). The normalized spacial score (nSPS) is 18.9. The summed E-state index contributed by atoms with van der Waals surface area (Å²) in [6.45, 7) is 1.19. The Kier molecular flexibility index (Phi) is 5.84. The molecule has 1 aliphatic rings. The molecule has 0 spiro atoms. The zero-order valence-electron chi connectivity index (χ0n) is 15.8. The van der Waals surface area contributed by atoms with Crippen molar-refractivity contribution < 1.29 is 24.0 Å². The van der Waals surface area contributed by atoms with E-state index in [4.69, 9.17) is 0 Å². The van der Waals surface area contributed by atoms with Crippen molar-refractivity contribution in [1.29, 1.82) is 0 Å². The molecule has 6 nitrogen and oxygen atoms in total. The van der Waals surface area contributed by atoms with Gasteiger partial charge in [-0.3, -0.25) is 14.6 Å². The first-order chi connectivity index (χ1) is 13.4. The highest BCUT2D eigenvalue weighted by atomic mass is 19.1. The Balaban J connectivity index is 2.06. The number of halogens is 1. The first kappa shape index (κ1) is 19.7.